The molecule has 0 aliphatic carbocycles. The SMILES string of the molecule is CCN(Cc1cc(C(F)(F)F)ccc1-c1cc(F)cc(CC(=O)OC)c1)C(=O)NC.c1ccccc1. The molecule has 2 amide bonds. The molecule has 3 aromatic carbocycles. The predicted molar refractivity (Wildman–Crippen MR) is 130 cm³/mol. The molecular formula is C27H28F4N2O3. The van der Waals surface area contributed by atoms with Crippen LogP contribution in [0, 0.1) is 5.82 Å². The van der Waals surface area contributed by atoms with Crippen molar-refractivity contribution in [3.63, 3.8) is 0 Å². The molecule has 3 rings (SSSR count). The van der Waals surface area contributed by atoms with Crippen LogP contribution in [0.1, 0.15) is 23.6 Å². The van der Waals surface area contributed by atoms with Gasteiger partial charge in [-0.1, -0.05) is 48.5 Å². The number of hydrogen-bond acceptors (Lipinski definition) is 3. The number of carbonyl (C=O) groups excluding carboxylic acids is 2. The van der Waals surface area contributed by atoms with Crippen LogP contribution in [0.5, 0.6) is 0 Å². The molecule has 0 heterocycles. The van der Waals surface area contributed by atoms with E-state index in [1.807, 2.05) is 36.4 Å². The highest BCUT2D eigenvalue weighted by atomic mass is 19.4. The summed E-state index contributed by atoms with van der Waals surface area (Å²) in [6.45, 7) is 1.84. The minimum atomic E-state index is -4.57. The summed E-state index contributed by atoms with van der Waals surface area (Å²) in [7, 11) is 2.62. The zero-order valence-electron chi connectivity index (χ0n) is 20.2. The molecule has 0 bridgehead atoms. The van der Waals surface area contributed by atoms with Crippen molar-refractivity contribution in [3.8, 4) is 11.1 Å². The Morgan fingerprint density at radius 2 is 1.58 bits per heavy atom. The molecule has 0 unspecified atom stereocenters. The van der Waals surface area contributed by atoms with E-state index in [9.17, 15) is 27.2 Å². The fraction of sp³-hybridized carbons (Fsp3) is 0.259. The van der Waals surface area contributed by atoms with Crippen molar-refractivity contribution in [2.45, 2.75) is 26.1 Å². The van der Waals surface area contributed by atoms with Crippen LogP contribution >= 0.6 is 0 Å². The summed E-state index contributed by atoms with van der Waals surface area (Å²) in [5, 5.41) is 2.44. The highest BCUT2D eigenvalue weighted by Gasteiger charge is 2.31. The number of nitrogens with zero attached hydrogens (tertiary/aromatic N) is 1. The molecular weight excluding hydrogens is 476 g/mol. The third-order valence-electron chi connectivity index (χ3n) is 5.19. The number of alkyl halides is 3. The summed E-state index contributed by atoms with van der Waals surface area (Å²) < 4.78 is 58.5. The van der Waals surface area contributed by atoms with Crippen molar-refractivity contribution < 1.29 is 31.9 Å². The van der Waals surface area contributed by atoms with Crippen molar-refractivity contribution in [2.75, 3.05) is 20.7 Å². The quantitative estimate of drug-likeness (QED) is 0.327. The van der Waals surface area contributed by atoms with Gasteiger partial charge in [0, 0.05) is 20.1 Å². The third-order valence-corrected chi connectivity index (χ3v) is 5.19. The highest BCUT2D eigenvalue weighted by molar-refractivity contribution is 5.76. The Bertz CT molecular complexity index is 1120. The van der Waals surface area contributed by atoms with E-state index in [0.29, 0.717) is 16.7 Å². The van der Waals surface area contributed by atoms with Gasteiger partial charge in [-0.3, -0.25) is 4.79 Å². The third kappa shape index (κ3) is 8.41. The van der Waals surface area contributed by atoms with Gasteiger partial charge in [0.2, 0.25) is 0 Å². The molecule has 0 aliphatic heterocycles. The van der Waals surface area contributed by atoms with Gasteiger partial charge in [0.25, 0.3) is 0 Å². The van der Waals surface area contributed by atoms with Gasteiger partial charge in [0.1, 0.15) is 5.82 Å². The Morgan fingerprint density at radius 3 is 2.08 bits per heavy atom. The lowest BCUT2D eigenvalue weighted by molar-refractivity contribution is -0.140. The van der Waals surface area contributed by atoms with Gasteiger partial charge in [-0.25, -0.2) is 9.18 Å². The number of nitrogens with one attached hydrogen (secondary N) is 1. The van der Waals surface area contributed by atoms with E-state index in [1.54, 1.807) is 6.92 Å². The second-order valence-electron chi connectivity index (χ2n) is 7.69. The van der Waals surface area contributed by atoms with Gasteiger partial charge in [0.05, 0.1) is 19.1 Å². The summed E-state index contributed by atoms with van der Waals surface area (Å²) in [6.07, 6.45) is -4.76. The van der Waals surface area contributed by atoms with Gasteiger partial charge in [0.15, 0.2) is 0 Å². The fourth-order valence-corrected chi connectivity index (χ4v) is 3.41. The Kier molecular flexibility index (Phi) is 10.5. The normalized spacial score (nSPS) is 10.6. The maximum absolute atomic E-state index is 14.2. The molecule has 0 radical (unpaired) electrons. The molecule has 0 saturated heterocycles. The molecule has 0 saturated carbocycles. The first-order chi connectivity index (χ1) is 17.1. The molecule has 0 fully saturated rings. The van der Waals surface area contributed by atoms with Crippen molar-refractivity contribution in [3.05, 3.63) is 95.3 Å². The molecule has 0 atom stereocenters. The molecule has 0 aromatic heterocycles. The Labute approximate surface area is 207 Å². The zero-order valence-corrected chi connectivity index (χ0v) is 20.2. The maximum Gasteiger partial charge on any atom is 0.416 e. The van der Waals surface area contributed by atoms with Crippen molar-refractivity contribution in [2.24, 2.45) is 0 Å². The van der Waals surface area contributed by atoms with Gasteiger partial charge in [-0.15, -0.1) is 0 Å². The predicted octanol–water partition coefficient (Wildman–Crippen LogP) is 6.07. The number of benzene rings is 3. The number of urea groups is 1. The molecule has 36 heavy (non-hydrogen) atoms. The van der Waals surface area contributed by atoms with Crippen LogP contribution in [0.15, 0.2) is 72.8 Å². The van der Waals surface area contributed by atoms with Crippen LogP contribution in [0.25, 0.3) is 11.1 Å². The first-order valence-corrected chi connectivity index (χ1v) is 11.1. The number of hydrogen-bond donors (Lipinski definition) is 1. The molecule has 0 aliphatic rings. The number of amides is 2. The lowest BCUT2D eigenvalue weighted by Gasteiger charge is -2.23. The minimum Gasteiger partial charge on any atom is -0.469 e. The van der Waals surface area contributed by atoms with Crippen LogP contribution in [-0.4, -0.2) is 37.6 Å². The fourth-order valence-electron chi connectivity index (χ4n) is 3.41. The average molecular weight is 505 g/mol. The van der Waals surface area contributed by atoms with Gasteiger partial charge < -0.3 is 15.0 Å². The van der Waals surface area contributed by atoms with E-state index < -0.39 is 29.6 Å². The van der Waals surface area contributed by atoms with E-state index in [2.05, 4.69) is 10.1 Å². The second-order valence-corrected chi connectivity index (χ2v) is 7.69. The van der Waals surface area contributed by atoms with Crippen LogP contribution in [0.3, 0.4) is 0 Å². The molecule has 1 N–H and O–H groups in total. The zero-order chi connectivity index (χ0) is 26.7. The van der Waals surface area contributed by atoms with Crippen molar-refractivity contribution in [1.29, 1.82) is 0 Å². The van der Waals surface area contributed by atoms with Crippen LogP contribution in [0.2, 0.25) is 0 Å². The number of methoxy groups -OCH3 is 1. The van der Waals surface area contributed by atoms with E-state index in [4.69, 9.17) is 0 Å². The molecule has 192 valence electrons. The topological polar surface area (TPSA) is 58.6 Å². The molecule has 3 aromatic rings. The minimum absolute atomic E-state index is 0.113. The molecule has 9 heteroatoms. The lowest BCUT2D eigenvalue weighted by atomic mass is 9.95. The van der Waals surface area contributed by atoms with Crippen LogP contribution in [0.4, 0.5) is 22.4 Å². The van der Waals surface area contributed by atoms with E-state index in [-0.39, 0.29) is 25.1 Å². The Hall–Kier alpha value is -3.88. The number of ether oxygens (including phenoxy) is 1. The first-order valence-electron chi connectivity index (χ1n) is 11.1. The van der Waals surface area contributed by atoms with Gasteiger partial charge in [-0.2, -0.15) is 13.2 Å². The van der Waals surface area contributed by atoms with E-state index in [1.165, 1.54) is 37.3 Å². The smallest absolute Gasteiger partial charge is 0.416 e. The number of halogens is 4. The first kappa shape index (κ1) is 28.4. The van der Waals surface area contributed by atoms with E-state index in [0.717, 1.165) is 18.2 Å². The summed E-state index contributed by atoms with van der Waals surface area (Å²) in [4.78, 5) is 24.9. The second kappa shape index (κ2) is 13.3. The number of carbonyl (C=O) groups is 2. The lowest BCUT2D eigenvalue weighted by Crippen LogP contribution is -2.37. The average Bonchev–Trinajstić information content (AvgIpc) is 2.87. The molecule has 5 nitrogen and oxygen atoms in total. The maximum atomic E-state index is 14.2. The van der Waals surface area contributed by atoms with Gasteiger partial charge in [-0.05, 0) is 53.4 Å². The monoisotopic (exact) mass is 504 g/mol. The largest absolute Gasteiger partial charge is 0.469 e. The van der Waals surface area contributed by atoms with Crippen molar-refractivity contribution in [1.82, 2.24) is 10.2 Å². The summed E-state index contributed by atoms with van der Waals surface area (Å²) in [6, 6.07) is 18.5. The Balaban J connectivity index is 0.000000662. The molecule has 0 spiro atoms. The van der Waals surface area contributed by atoms with Crippen LogP contribution in [-0.2, 0) is 28.7 Å². The standard InChI is InChI=1S/C21H22F4N2O3.C6H6/c1-4-27(20(29)26-2)12-15-10-16(21(23,24)25)5-6-18(15)14-7-13(8-17(22)11-14)9-19(28)30-3;1-2-4-6-5-3-1/h5-8,10-11H,4,9,12H2,1-3H3,(H,26,29);1-6H. The van der Waals surface area contributed by atoms with Crippen molar-refractivity contribution >= 4 is 12.0 Å². The number of esters is 1. The summed E-state index contributed by atoms with van der Waals surface area (Å²) in [5.74, 6) is -1.22. The summed E-state index contributed by atoms with van der Waals surface area (Å²) in [5.41, 5.74) is 0.271. The Morgan fingerprint density at radius 1 is 0.972 bits per heavy atom. The highest BCUT2D eigenvalue weighted by Crippen LogP contribution is 2.34. The van der Waals surface area contributed by atoms with E-state index >= 15 is 0 Å². The summed E-state index contributed by atoms with van der Waals surface area (Å²) >= 11 is 0. The van der Waals surface area contributed by atoms with Crippen LogP contribution < -0.4 is 5.32 Å². The number of rotatable bonds is 6. The van der Waals surface area contributed by atoms with Gasteiger partial charge >= 0.3 is 18.2 Å².